The highest BCUT2D eigenvalue weighted by atomic mass is 32.2. The number of para-hydroxylation sites is 2. The number of imidazole rings is 1. The molecule has 2 aromatic carbocycles. The number of aryl methyl sites for hydroxylation is 1. The second kappa shape index (κ2) is 9.28. The summed E-state index contributed by atoms with van der Waals surface area (Å²) < 4.78 is 28.5. The number of fused-ring (bicyclic) bond motifs is 1. The normalized spacial score (nSPS) is 15.5. The Morgan fingerprint density at radius 1 is 1.10 bits per heavy atom. The maximum Gasteiger partial charge on any atom is 0.232 e. The number of piperidine rings is 1. The molecule has 0 amide bonds. The zero-order chi connectivity index (χ0) is 21.8. The van der Waals surface area contributed by atoms with Gasteiger partial charge < -0.3 is 14.8 Å². The Labute approximate surface area is 184 Å². The van der Waals surface area contributed by atoms with E-state index in [1.165, 1.54) is 5.52 Å². The Morgan fingerprint density at radius 3 is 2.61 bits per heavy atom. The second-order valence-corrected chi connectivity index (χ2v) is 10.1. The summed E-state index contributed by atoms with van der Waals surface area (Å²) in [6.07, 6.45) is 3.03. The highest BCUT2D eigenvalue weighted by Gasteiger charge is 2.20. The van der Waals surface area contributed by atoms with Crippen LogP contribution in [0.15, 0.2) is 48.5 Å². The largest absolute Gasteiger partial charge is 0.371 e. The summed E-state index contributed by atoms with van der Waals surface area (Å²) in [6.45, 7) is 4.46. The molecule has 166 valence electrons. The van der Waals surface area contributed by atoms with Gasteiger partial charge in [0.05, 0.1) is 22.5 Å². The van der Waals surface area contributed by atoms with Gasteiger partial charge >= 0.3 is 0 Å². The van der Waals surface area contributed by atoms with E-state index in [-0.39, 0.29) is 5.75 Å². The van der Waals surface area contributed by atoms with Gasteiger partial charge in [0, 0.05) is 44.8 Å². The number of hydrogen-bond acceptors (Lipinski definition) is 5. The van der Waals surface area contributed by atoms with E-state index in [9.17, 15) is 8.42 Å². The Bertz CT molecular complexity index is 1130. The minimum atomic E-state index is -3.26. The van der Waals surface area contributed by atoms with Crippen molar-refractivity contribution in [1.29, 1.82) is 0 Å². The molecule has 7 nitrogen and oxygen atoms in total. The van der Waals surface area contributed by atoms with Crippen molar-refractivity contribution in [2.45, 2.75) is 32.2 Å². The maximum absolute atomic E-state index is 11.8. The number of sulfonamides is 1. The molecule has 0 bridgehead atoms. The number of benzene rings is 2. The van der Waals surface area contributed by atoms with E-state index in [2.05, 4.69) is 38.7 Å². The first-order chi connectivity index (χ1) is 14.9. The van der Waals surface area contributed by atoms with Crippen LogP contribution in [0.1, 0.15) is 25.6 Å². The van der Waals surface area contributed by atoms with Crippen molar-refractivity contribution in [1.82, 2.24) is 14.9 Å². The monoisotopic (exact) mass is 441 g/mol. The molecule has 0 aliphatic carbocycles. The summed E-state index contributed by atoms with van der Waals surface area (Å²) in [6, 6.07) is 16.4. The molecule has 1 aliphatic rings. The van der Waals surface area contributed by atoms with Crippen LogP contribution < -0.4 is 14.9 Å². The fourth-order valence-corrected chi connectivity index (χ4v) is 4.80. The molecule has 1 saturated heterocycles. The van der Waals surface area contributed by atoms with Gasteiger partial charge in [-0.05, 0) is 50.1 Å². The lowest BCUT2D eigenvalue weighted by molar-refractivity contribution is 0.415. The highest BCUT2D eigenvalue weighted by molar-refractivity contribution is 7.92. The van der Waals surface area contributed by atoms with Crippen LogP contribution in [0, 0.1) is 0 Å². The molecule has 4 rings (SSSR count). The predicted octanol–water partition coefficient (Wildman–Crippen LogP) is 3.14. The van der Waals surface area contributed by atoms with Gasteiger partial charge in [-0.25, -0.2) is 13.4 Å². The van der Waals surface area contributed by atoms with Crippen molar-refractivity contribution in [3.63, 3.8) is 0 Å². The van der Waals surface area contributed by atoms with E-state index in [1.54, 1.807) is 13.0 Å². The number of anilines is 2. The van der Waals surface area contributed by atoms with Crippen molar-refractivity contribution in [3.8, 4) is 0 Å². The van der Waals surface area contributed by atoms with Crippen molar-refractivity contribution < 1.29 is 8.42 Å². The molecule has 0 radical (unpaired) electrons. The number of nitrogens with zero attached hydrogens (tertiary/aromatic N) is 3. The molecule has 0 unspecified atom stereocenters. The van der Waals surface area contributed by atoms with Gasteiger partial charge in [-0.1, -0.05) is 18.2 Å². The molecular formula is C23H31N5O2S. The average molecular weight is 442 g/mol. The minimum Gasteiger partial charge on any atom is -0.371 e. The maximum atomic E-state index is 11.8. The van der Waals surface area contributed by atoms with Crippen LogP contribution in [0.2, 0.25) is 0 Å². The highest BCUT2D eigenvalue weighted by Crippen LogP contribution is 2.24. The number of rotatable bonds is 8. The summed E-state index contributed by atoms with van der Waals surface area (Å²) in [5.74, 6) is 1.18. The molecule has 1 aromatic heterocycles. The quantitative estimate of drug-likeness (QED) is 0.561. The second-order valence-electron chi connectivity index (χ2n) is 8.10. The predicted molar refractivity (Wildman–Crippen MR) is 127 cm³/mol. The van der Waals surface area contributed by atoms with E-state index in [0.29, 0.717) is 11.7 Å². The summed E-state index contributed by atoms with van der Waals surface area (Å²) in [5.41, 5.74) is 3.92. The van der Waals surface area contributed by atoms with Crippen molar-refractivity contribution in [2.75, 3.05) is 35.0 Å². The Hall–Kier alpha value is -2.58. The molecular weight excluding hydrogens is 410 g/mol. The summed E-state index contributed by atoms with van der Waals surface area (Å²) in [4.78, 5) is 7.08. The lowest BCUT2D eigenvalue weighted by atomic mass is 10.0. The zero-order valence-corrected chi connectivity index (χ0v) is 19.0. The van der Waals surface area contributed by atoms with E-state index in [4.69, 9.17) is 4.98 Å². The lowest BCUT2D eigenvalue weighted by Crippen LogP contribution is -2.43. The zero-order valence-electron chi connectivity index (χ0n) is 18.2. The average Bonchev–Trinajstić information content (AvgIpc) is 3.10. The molecule has 0 saturated carbocycles. The molecule has 2 N–H and O–H groups in total. The van der Waals surface area contributed by atoms with Crippen LogP contribution in [0.5, 0.6) is 0 Å². The van der Waals surface area contributed by atoms with Gasteiger partial charge in [-0.2, -0.15) is 0 Å². The van der Waals surface area contributed by atoms with E-state index in [1.807, 2.05) is 30.3 Å². The number of nitrogens with one attached hydrogen (secondary N) is 2. The molecule has 31 heavy (non-hydrogen) atoms. The van der Waals surface area contributed by atoms with Gasteiger partial charge in [0.15, 0.2) is 0 Å². The lowest BCUT2D eigenvalue weighted by Gasteiger charge is -2.34. The van der Waals surface area contributed by atoms with E-state index < -0.39 is 10.0 Å². The fourth-order valence-electron chi connectivity index (χ4n) is 4.17. The van der Waals surface area contributed by atoms with Crippen LogP contribution in [-0.2, 0) is 23.5 Å². The van der Waals surface area contributed by atoms with E-state index in [0.717, 1.165) is 55.9 Å². The van der Waals surface area contributed by atoms with Crippen LogP contribution in [0.25, 0.3) is 11.0 Å². The van der Waals surface area contributed by atoms with Gasteiger partial charge in [0.2, 0.25) is 10.0 Å². The topological polar surface area (TPSA) is 79.3 Å². The summed E-state index contributed by atoms with van der Waals surface area (Å²) in [5, 5.41) is 3.69. The third-order valence-corrected chi connectivity index (χ3v) is 7.33. The molecule has 1 fully saturated rings. The molecule has 2 heterocycles. The third kappa shape index (κ3) is 5.19. The molecule has 0 atom stereocenters. The van der Waals surface area contributed by atoms with Gasteiger partial charge in [-0.3, -0.25) is 4.72 Å². The molecule has 8 heteroatoms. The summed E-state index contributed by atoms with van der Waals surface area (Å²) in [7, 11) is -1.18. The number of aromatic nitrogens is 2. The van der Waals surface area contributed by atoms with Crippen LogP contribution in [-0.4, -0.2) is 49.4 Å². The van der Waals surface area contributed by atoms with Crippen LogP contribution in [0.4, 0.5) is 11.4 Å². The smallest absolute Gasteiger partial charge is 0.232 e. The van der Waals surface area contributed by atoms with Gasteiger partial charge in [-0.15, -0.1) is 0 Å². The van der Waals surface area contributed by atoms with Crippen LogP contribution in [0.3, 0.4) is 0 Å². The Balaban J connectivity index is 1.27. The Morgan fingerprint density at radius 2 is 1.87 bits per heavy atom. The van der Waals surface area contributed by atoms with E-state index >= 15 is 0 Å². The number of hydrogen-bond donors (Lipinski definition) is 2. The SMILES string of the molecule is CCS(=O)(=O)Nc1cccc(N2CCC(NCCc3nc4ccccc4n3C)CC2)c1. The fraction of sp³-hybridized carbons (Fsp3) is 0.435. The third-order valence-electron chi connectivity index (χ3n) is 6.02. The van der Waals surface area contributed by atoms with Crippen LogP contribution >= 0.6 is 0 Å². The summed E-state index contributed by atoms with van der Waals surface area (Å²) >= 11 is 0. The first-order valence-electron chi connectivity index (χ1n) is 10.9. The first kappa shape index (κ1) is 21.6. The van der Waals surface area contributed by atoms with Crippen molar-refractivity contribution in [2.24, 2.45) is 7.05 Å². The minimum absolute atomic E-state index is 0.0720. The van der Waals surface area contributed by atoms with Crippen molar-refractivity contribution >= 4 is 32.4 Å². The molecule has 3 aromatic rings. The standard InChI is InChI=1S/C23H31N5O2S/c1-3-31(29,30)26-19-7-6-8-20(17-19)28-15-12-18(13-16-28)24-14-11-23-25-21-9-4-5-10-22(21)27(23)2/h4-10,17-18,24,26H,3,11-16H2,1-2H3. The molecule has 0 spiro atoms. The van der Waals surface area contributed by atoms with Gasteiger partial charge in [0.25, 0.3) is 0 Å². The van der Waals surface area contributed by atoms with Gasteiger partial charge in [0.1, 0.15) is 5.82 Å². The first-order valence-corrected chi connectivity index (χ1v) is 12.6. The molecule has 1 aliphatic heterocycles. The Kier molecular flexibility index (Phi) is 6.48. The van der Waals surface area contributed by atoms with Crippen molar-refractivity contribution in [3.05, 3.63) is 54.4 Å².